The number of carbonyl (C=O) groups is 1. The van der Waals surface area contributed by atoms with E-state index >= 15 is 0 Å². The van der Waals surface area contributed by atoms with Crippen molar-refractivity contribution in [2.24, 2.45) is 0 Å². The fourth-order valence-corrected chi connectivity index (χ4v) is 2.75. The van der Waals surface area contributed by atoms with Crippen LogP contribution in [0.25, 0.3) is 10.9 Å². The lowest BCUT2D eigenvalue weighted by molar-refractivity contribution is 0.0853. The topological polar surface area (TPSA) is 71.5 Å². The largest absolute Gasteiger partial charge is 0.497 e. The van der Waals surface area contributed by atoms with Gasteiger partial charge >= 0.3 is 0 Å². The number of carbonyl (C=O) groups excluding carboxylic acids is 1. The molecule has 0 saturated heterocycles. The second-order valence-electron chi connectivity index (χ2n) is 5.86. The quantitative estimate of drug-likeness (QED) is 0.751. The third-order valence-corrected chi connectivity index (χ3v) is 4.18. The van der Waals surface area contributed by atoms with Crippen molar-refractivity contribution in [3.8, 4) is 5.75 Å². The number of aliphatic hydroxyl groups is 1. The zero-order valence-corrected chi connectivity index (χ0v) is 14.1. The van der Waals surface area contributed by atoms with E-state index in [-0.39, 0.29) is 5.91 Å². The smallest absolute Gasteiger partial charge is 0.252 e. The number of aliphatic hydroxyl groups excluding tert-OH is 1. The minimum Gasteiger partial charge on any atom is -0.497 e. The molecule has 0 aliphatic heterocycles. The molecule has 3 aromatic rings. The maximum atomic E-state index is 12.6. The van der Waals surface area contributed by atoms with Gasteiger partial charge in [-0.15, -0.1) is 0 Å². The Morgan fingerprint density at radius 3 is 2.56 bits per heavy atom. The van der Waals surface area contributed by atoms with Gasteiger partial charge in [0.25, 0.3) is 5.91 Å². The van der Waals surface area contributed by atoms with Crippen LogP contribution in [0.2, 0.25) is 0 Å². The first-order valence-corrected chi connectivity index (χ1v) is 8.07. The number of rotatable bonds is 5. The van der Waals surface area contributed by atoms with Gasteiger partial charge < -0.3 is 15.2 Å². The molecule has 0 spiro atoms. The van der Waals surface area contributed by atoms with Crippen LogP contribution in [0.5, 0.6) is 5.75 Å². The number of aromatic nitrogens is 1. The lowest BCUT2D eigenvalue weighted by Gasteiger charge is -2.21. The number of hydrogen-bond donors (Lipinski definition) is 2. The highest BCUT2D eigenvalue weighted by Gasteiger charge is 2.20. The van der Waals surface area contributed by atoms with Gasteiger partial charge in [-0.1, -0.05) is 30.3 Å². The molecule has 3 rings (SSSR count). The van der Waals surface area contributed by atoms with Crippen molar-refractivity contribution in [1.29, 1.82) is 0 Å². The first kappa shape index (κ1) is 16.9. The van der Waals surface area contributed by atoms with E-state index in [1.165, 1.54) is 0 Å². The summed E-state index contributed by atoms with van der Waals surface area (Å²) in [6.45, 7) is 1.77. The lowest BCUT2D eigenvalue weighted by atomic mass is 10.0. The van der Waals surface area contributed by atoms with Crippen LogP contribution in [0.4, 0.5) is 0 Å². The first-order valence-electron chi connectivity index (χ1n) is 8.07. The molecular formula is C20H20N2O3. The molecule has 2 atom stereocenters. The minimum absolute atomic E-state index is 0.237. The van der Waals surface area contributed by atoms with Crippen LogP contribution in [-0.2, 0) is 0 Å². The third kappa shape index (κ3) is 3.61. The summed E-state index contributed by atoms with van der Waals surface area (Å²) in [6, 6.07) is 15.8. The molecule has 0 fully saturated rings. The number of nitrogens with zero attached hydrogens (tertiary/aromatic N) is 1. The molecule has 2 unspecified atom stereocenters. The standard InChI is InChI=1S/C20H20N2O3/c1-13(19(23)14-7-9-15(25-2)10-8-14)22-20(24)17-11-12-21-18-6-4-3-5-16(17)18/h3-13,19,23H,1-2H3,(H,22,24). The van der Waals surface area contributed by atoms with Crippen molar-refractivity contribution >= 4 is 16.8 Å². The van der Waals surface area contributed by atoms with Gasteiger partial charge in [0.05, 0.1) is 30.3 Å². The second-order valence-corrected chi connectivity index (χ2v) is 5.86. The Kier molecular flexibility index (Phi) is 4.95. The van der Waals surface area contributed by atoms with E-state index in [1.54, 1.807) is 50.6 Å². The fourth-order valence-electron chi connectivity index (χ4n) is 2.75. The summed E-state index contributed by atoms with van der Waals surface area (Å²) >= 11 is 0. The maximum Gasteiger partial charge on any atom is 0.252 e. The van der Waals surface area contributed by atoms with Gasteiger partial charge in [0.15, 0.2) is 0 Å². The van der Waals surface area contributed by atoms with Crippen molar-refractivity contribution in [3.63, 3.8) is 0 Å². The molecule has 0 bridgehead atoms. The normalized spacial score (nSPS) is 13.2. The number of para-hydroxylation sites is 1. The van der Waals surface area contributed by atoms with Gasteiger partial charge in [0.1, 0.15) is 5.75 Å². The van der Waals surface area contributed by atoms with E-state index in [9.17, 15) is 9.90 Å². The van der Waals surface area contributed by atoms with Crippen molar-refractivity contribution < 1.29 is 14.6 Å². The summed E-state index contributed by atoms with van der Waals surface area (Å²) in [4.78, 5) is 16.9. The maximum absolute atomic E-state index is 12.6. The Morgan fingerprint density at radius 2 is 1.84 bits per heavy atom. The number of benzene rings is 2. The van der Waals surface area contributed by atoms with Crippen LogP contribution < -0.4 is 10.1 Å². The van der Waals surface area contributed by atoms with Crippen molar-refractivity contribution in [2.75, 3.05) is 7.11 Å². The molecule has 0 aliphatic carbocycles. The molecule has 1 aromatic heterocycles. The van der Waals surface area contributed by atoms with E-state index in [0.717, 1.165) is 16.7 Å². The molecule has 0 saturated carbocycles. The number of hydrogen-bond acceptors (Lipinski definition) is 4. The third-order valence-electron chi connectivity index (χ3n) is 4.18. The predicted molar refractivity (Wildman–Crippen MR) is 96.6 cm³/mol. The highest BCUT2D eigenvalue weighted by Crippen LogP contribution is 2.21. The molecule has 5 heteroatoms. The average Bonchev–Trinajstić information content (AvgIpc) is 2.66. The fraction of sp³-hybridized carbons (Fsp3) is 0.200. The monoisotopic (exact) mass is 336 g/mol. The number of methoxy groups -OCH3 is 1. The lowest BCUT2D eigenvalue weighted by Crippen LogP contribution is -2.37. The highest BCUT2D eigenvalue weighted by atomic mass is 16.5. The van der Waals surface area contributed by atoms with E-state index < -0.39 is 12.1 Å². The molecule has 1 amide bonds. The minimum atomic E-state index is -0.817. The molecule has 5 nitrogen and oxygen atoms in total. The Bertz CT molecular complexity index is 872. The van der Waals surface area contributed by atoms with Crippen LogP contribution in [0.15, 0.2) is 60.8 Å². The van der Waals surface area contributed by atoms with E-state index in [4.69, 9.17) is 4.74 Å². The van der Waals surface area contributed by atoms with Gasteiger partial charge in [-0.05, 0) is 36.8 Å². The molecule has 25 heavy (non-hydrogen) atoms. The van der Waals surface area contributed by atoms with E-state index in [0.29, 0.717) is 11.1 Å². The SMILES string of the molecule is COc1ccc(C(O)C(C)NC(=O)c2ccnc3ccccc23)cc1. The molecule has 2 N–H and O–H groups in total. The molecular weight excluding hydrogens is 316 g/mol. The number of fused-ring (bicyclic) bond motifs is 1. The van der Waals surface area contributed by atoms with Crippen molar-refractivity contribution in [2.45, 2.75) is 19.1 Å². The van der Waals surface area contributed by atoms with Crippen LogP contribution in [0.1, 0.15) is 28.9 Å². The number of ether oxygens (including phenoxy) is 1. The second kappa shape index (κ2) is 7.32. The Balaban J connectivity index is 1.77. The molecule has 1 heterocycles. The predicted octanol–water partition coefficient (Wildman–Crippen LogP) is 3.10. The van der Waals surface area contributed by atoms with Gasteiger partial charge in [-0.25, -0.2) is 0 Å². The molecule has 128 valence electrons. The van der Waals surface area contributed by atoms with Crippen molar-refractivity contribution in [1.82, 2.24) is 10.3 Å². The Hall–Kier alpha value is -2.92. The number of amides is 1. The summed E-state index contributed by atoms with van der Waals surface area (Å²) in [6.07, 6.45) is 0.796. The van der Waals surface area contributed by atoms with Gasteiger partial charge in [0.2, 0.25) is 0 Å². The Morgan fingerprint density at radius 1 is 1.12 bits per heavy atom. The number of pyridine rings is 1. The van der Waals surface area contributed by atoms with Gasteiger partial charge in [-0.2, -0.15) is 0 Å². The first-order chi connectivity index (χ1) is 12.1. The molecule has 2 aromatic carbocycles. The molecule has 0 radical (unpaired) electrons. The summed E-state index contributed by atoms with van der Waals surface area (Å²) in [7, 11) is 1.59. The van der Waals surface area contributed by atoms with Crippen LogP contribution in [-0.4, -0.2) is 29.1 Å². The van der Waals surface area contributed by atoms with Crippen molar-refractivity contribution in [3.05, 3.63) is 71.9 Å². The van der Waals surface area contributed by atoms with Crippen LogP contribution >= 0.6 is 0 Å². The average molecular weight is 336 g/mol. The zero-order valence-electron chi connectivity index (χ0n) is 14.1. The number of nitrogens with one attached hydrogen (secondary N) is 1. The summed E-state index contributed by atoms with van der Waals surface area (Å²) in [5.74, 6) is 0.481. The van der Waals surface area contributed by atoms with Crippen LogP contribution in [0.3, 0.4) is 0 Å². The van der Waals surface area contributed by atoms with Gasteiger partial charge in [-0.3, -0.25) is 9.78 Å². The summed E-state index contributed by atoms with van der Waals surface area (Å²) in [5.41, 5.74) is 2.02. The highest BCUT2D eigenvalue weighted by molar-refractivity contribution is 6.06. The summed E-state index contributed by atoms with van der Waals surface area (Å²) < 4.78 is 5.12. The van der Waals surface area contributed by atoms with Gasteiger partial charge in [0, 0.05) is 11.6 Å². The van der Waals surface area contributed by atoms with E-state index in [2.05, 4.69) is 10.3 Å². The zero-order chi connectivity index (χ0) is 17.8. The molecule has 0 aliphatic rings. The van der Waals surface area contributed by atoms with E-state index in [1.807, 2.05) is 24.3 Å². The van der Waals surface area contributed by atoms with Crippen LogP contribution in [0, 0.1) is 0 Å². The summed E-state index contributed by atoms with van der Waals surface area (Å²) in [5, 5.41) is 14.1. The Labute approximate surface area is 146 Å².